The lowest BCUT2D eigenvalue weighted by Gasteiger charge is -2.00. The lowest BCUT2D eigenvalue weighted by Crippen LogP contribution is -2.14. The van der Waals surface area contributed by atoms with Crippen LogP contribution in [0.4, 0.5) is 0 Å². The maximum absolute atomic E-state index is 8.66. The van der Waals surface area contributed by atoms with Gasteiger partial charge < -0.3 is 5.32 Å². The lowest BCUT2D eigenvalue weighted by molar-refractivity contribution is 1.03. The third kappa shape index (κ3) is 3.12. The number of hydrogen-bond donors (Lipinski definition) is 1. The third-order valence-electron chi connectivity index (χ3n) is 1.42. The molecule has 0 heterocycles. The van der Waals surface area contributed by atoms with Crippen molar-refractivity contribution in [2.75, 3.05) is 0 Å². The predicted molar refractivity (Wildman–Crippen MR) is 50.9 cm³/mol. The molecule has 0 saturated carbocycles. The van der Waals surface area contributed by atoms with Crippen molar-refractivity contribution in [3.8, 4) is 36.4 Å². The van der Waals surface area contributed by atoms with E-state index >= 15 is 0 Å². The van der Waals surface area contributed by atoms with Crippen LogP contribution in [0.15, 0.2) is 22.5 Å². The van der Waals surface area contributed by atoms with Crippen LogP contribution in [-0.4, -0.2) is 0 Å². The first-order chi connectivity index (χ1) is 8.18. The van der Waals surface area contributed by atoms with Crippen molar-refractivity contribution in [1.29, 1.82) is 31.6 Å². The summed E-state index contributed by atoms with van der Waals surface area (Å²) in [5, 5.41) is 53.5. The molecule has 0 unspecified atom stereocenters. The number of nitriles is 6. The van der Waals surface area contributed by atoms with Crippen molar-refractivity contribution in [1.82, 2.24) is 5.32 Å². The molecule has 0 saturated heterocycles. The Labute approximate surface area is 96.5 Å². The van der Waals surface area contributed by atoms with Crippen molar-refractivity contribution in [3.63, 3.8) is 0 Å². The van der Waals surface area contributed by atoms with Crippen molar-refractivity contribution in [3.05, 3.63) is 22.5 Å². The van der Waals surface area contributed by atoms with E-state index in [4.69, 9.17) is 31.6 Å². The molecule has 1 N–H and O–H groups in total. The summed E-state index contributed by atoms with van der Waals surface area (Å²) in [5.41, 5.74) is -2.07. The van der Waals surface area contributed by atoms with Crippen molar-refractivity contribution >= 4 is 0 Å². The second kappa shape index (κ2) is 6.64. The SMILES string of the molecule is N#CC(C#N)=C(C#N)NC(C#N)=C(C#N)C#N. The van der Waals surface area contributed by atoms with E-state index in [1.807, 2.05) is 0 Å². The smallest absolute Gasteiger partial charge is 0.163 e. The molecular formula is C10HN7. The Kier molecular flexibility index (Phi) is 5.16. The van der Waals surface area contributed by atoms with E-state index in [0.29, 0.717) is 0 Å². The molecule has 17 heavy (non-hydrogen) atoms. The molecule has 0 aliphatic rings. The average Bonchev–Trinajstić information content (AvgIpc) is 2.37. The van der Waals surface area contributed by atoms with Crippen LogP contribution in [0.5, 0.6) is 0 Å². The monoisotopic (exact) mass is 219 g/mol. The van der Waals surface area contributed by atoms with Crippen LogP contribution in [0.2, 0.25) is 0 Å². The van der Waals surface area contributed by atoms with Crippen LogP contribution in [0.3, 0.4) is 0 Å². The van der Waals surface area contributed by atoms with Gasteiger partial charge in [0.25, 0.3) is 0 Å². The maximum atomic E-state index is 8.66. The molecule has 0 aromatic carbocycles. The number of nitrogens with zero attached hydrogens (tertiary/aromatic N) is 6. The summed E-state index contributed by atoms with van der Waals surface area (Å²) in [6.45, 7) is 0. The summed E-state index contributed by atoms with van der Waals surface area (Å²) in [5.74, 6) is 0. The minimum atomic E-state index is -0.546. The molecule has 0 amide bonds. The summed E-state index contributed by atoms with van der Waals surface area (Å²) in [6, 6.07) is 8.75. The van der Waals surface area contributed by atoms with Gasteiger partial charge in [-0.15, -0.1) is 0 Å². The number of hydrogen-bond acceptors (Lipinski definition) is 7. The molecular weight excluding hydrogens is 218 g/mol. The molecule has 7 heteroatoms. The summed E-state index contributed by atoms with van der Waals surface area (Å²) in [7, 11) is 0. The number of rotatable bonds is 2. The summed E-state index contributed by atoms with van der Waals surface area (Å²) in [4.78, 5) is 0. The van der Waals surface area contributed by atoms with Crippen LogP contribution in [-0.2, 0) is 0 Å². The lowest BCUT2D eigenvalue weighted by atomic mass is 10.2. The minimum absolute atomic E-state index is 0.491. The van der Waals surface area contributed by atoms with Gasteiger partial charge in [0.2, 0.25) is 0 Å². The van der Waals surface area contributed by atoms with Crippen molar-refractivity contribution < 1.29 is 0 Å². The molecule has 0 bridgehead atoms. The van der Waals surface area contributed by atoms with E-state index in [1.54, 1.807) is 0 Å². The molecule has 0 aromatic rings. The minimum Gasteiger partial charge on any atom is -0.335 e. The number of nitrogens with one attached hydrogen (secondary N) is 1. The number of allylic oxidation sites excluding steroid dienone is 4. The van der Waals surface area contributed by atoms with Crippen LogP contribution in [0.1, 0.15) is 0 Å². The molecule has 0 aromatic heterocycles. The van der Waals surface area contributed by atoms with Gasteiger partial charge in [0.15, 0.2) is 11.1 Å². The fourth-order valence-electron chi connectivity index (χ4n) is 0.691. The first-order valence-electron chi connectivity index (χ1n) is 3.84. The van der Waals surface area contributed by atoms with Crippen LogP contribution in [0.25, 0.3) is 0 Å². The molecule has 7 nitrogen and oxygen atoms in total. The van der Waals surface area contributed by atoms with Gasteiger partial charge in [-0.05, 0) is 0 Å². The Morgan fingerprint density at radius 3 is 1.00 bits per heavy atom. The zero-order chi connectivity index (χ0) is 13.3. The average molecular weight is 219 g/mol. The standard InChI is InChI=1S/C10HN7/c11-1-7(2-12)9(5-15)17-10(6-16)8(3-13)4-14/h17H. The van der Waals surface area contributed by atoms with E-state index in [1.165, 1.54) is 36.4 Å². The van der Waals surface area contributed by atoms with Crippen LogP contribution >= 0.6 is 0 Å². The van der Waals surface area contributed by atoms with Gasteiger partial charge in [0, 0.05) is 0 Å². The van der Waals surface area contributed by atoms with E-state index in [9.17, 15) is 0 Å². The Morgan fingerprint density at radius 2 is 0.824 bits per heavy atom. The zero-order valence-electron chi connectivity index (χ0n) is 8.18. The van der Waals surface area contributed by atoms with Gasteiger partial charge >= 0.3 is 0 Å². The first-order valence-corrected chi connectivity index (χ1v) is 3.84. The van der Waals surface area contributed by atoms with E-state index in [-0.39, 0.29) is 0 Å². The van der Waals surface area contributed by atoms with Gasteiger partial charge in [0.05, 0.1) is 0 Å². The van der Waals surface area contributed by atoms with E-state index < -0.39 is 22.5 Å². The Balaban J connectivity index is 5.70. The molecule has 0 rings (SSSR count). The quantitative estimate of drug-likeness (QED) is 0.651. The molecule has 0 spiro atoms. The van der Waals surface area contributed by atoms with Crippen molar-refractivity contribution in [2.24, 2.45) is 0 Å². The highest BCUT2D eigenvalue weighted by atomic mass is 14.9. The van der Waals surface area contributed by atoms with Gasteiger partial charge in [0.1, 0.15) is 47.8 Å². The van der Waals surface area contributed by atoms with Gasteiger partial charge in [-0.1, -0.05) is 0 Å². The Hall–Kier alpha value is -3.78. The predicted octanol–water partition coefficient (Wildman–Crippen LogP) is 0.226. The summed E-state index contributed by atoms with van der Waals surface area (Å²) < 4.78 is 0. The van der Waals surface area contributed by atoms with Gasteiger partial charge in [-0.25, -0.2) is 0 Å². The normalized spacial score (nSPS) is 6.47. The molecule has 0 radical (unpaired) electrons. The fourth-order valence-corrected chi connectivity index (χ4v) is 0.691. The Bertz CT molecular complexity index is 548. The highest BCUT2D eigenvalue weighted by Crippen LogP contribution is 2.04. The molecule has 0 fully saturated rings. The Morgan fingerprint density at radius 1 is 0.529 bits per heavy atom. The zero-order valence-corrected chi connectivity index (χ0v) is 8.18. The summed E-state index contributed by atoms with van der Waals surface area (Å²) >= 11 is 0. The third-order valence-corrected chi connectivity index (χ3v) is 1.42. The van der Waals surface area contributed by atoms with E-state index in [0.717, 1.165) is 0 Å². The highest BCUT2D eigenvalue weighted by molar-refractivity contribution is 5.51. The molecule has 76 valence electrons. The molecule has 0 aliphatic carbocycles. The first kappa shape index (κ1) is 13.2. The second-order valence-electron chi connectivity index (χ2n) is 2.30. The fraction of sp³-hybridized carbons (Fsp3) is 0. The maximum Gasteiger partial charge on any atom is 0.163 e. The molecule has 0 atom stereocenters. The van der Waals surface area contributed by atoms with Crippen LogP contribution < -0.4 is 5.32 Å². The van der Waals surface area contributed by atoms with Gasteiger partial charge in [-0.3, -0.25) is 0 Å². The van der Waals surface area contributed by atoms with Crippen LogP contribution in [0, 0.1) is 68.0 Å². The topological polar surface area (TPSA) is 155 Å². The highest BCUT2D eigenvalue weighted by Gasteiger charge is 2.11. The molecule has 0 aliphatic heterocycles. The van der Waals surface area contributed by atoms with E-state index in [2.05, 4.69) is 5.32 Å². The second-order valence-corrected chi connectivity index (χ2v) is 2.30. The largest absolute Gasteiger partial charge is 0.335 e. The van der Waals surface area contributed by atoms with Crippen molar-refractivity contribution in [2.45, 2.75) is 0 Å². The summed E-state index contributed by atoms with van der Waals surface area (Å²) in [6.07, 6.45) is 0. The van der Waals surface area contributed by atoms with Gasteiger partial charge in [-0.2, -0.15) is 31.6 Å².